The molecule has 2 aromatic carbocycles. The number of fused-ring (bicyclic) bond motifs is 1. The van der Waals surface area contributed by atoms with E-state index in [1.54, 1.807) is 0 Å². The lowest BCUT2D eigenvalue weighted by Gasteiger charge is -2.33. The van der Waals surface area contributed by atoms with Crippen molar-refractivity contribution in [3.63, 3.8) is 0 Å². The van der Waals surface area contributed by atoms with Crippen molar-refractivity contribution in [2.75, 3.05) is 0 Å². The molecule has 9 heteroatoms. The molecule has 1 atom stereocenters. The number of benzene rings is 2. The van der Waals surface area contributed by atoms with Gasteiger partial charge in [-0.05, 0) is 25.3 Å². The largest absolute Gasteiger partial charge is 0.479 e. The summed E-state index contributed by atoms with van der Waals surface area (Å²) < 4.78 is 0. The zero-order chi connectivity index (χ0) is 20.8. The van der Waals surface area contributed by atoms with Gasteiger partial charge in [-0.1, -0.05) is 76.7 Å². The van der Waals surface area contributed by atoms with Gasteiger partial charge in [0.1, 0.15) is 5.54 Å². The van der Waals surface area contributed by atoms with E-state index in [9.17, 15) is 19.5 Å². The smallest absolute Gasteiger partial charge is 0.329 e. The number of carboxylic acids is 1. The Hall–Kier alpha value is -1.79. The Balaban J connectivity index is 2.06. The molecule has 0 saturated heterocycles. The first-order valence-corrected chi connectivity index (χ1v) is 9.64. The van der Waals surface area contributed by atoms with Gasteiger partial charge in [-0.25, -0.2) is 4.79 Å². The van der Waals surface area contributed by atoms with E-state index in [-0.39, 0.29) is 37.6 Å². The Bertz CT molecular complexity index is 962. The monoisotopic (exact) mass is 459 g/mol. The van der Waals surface area contributed by atoms with Crippen LogP contribution in [0.2, 0.25) is 20.1 Å². The molecular formula is C19H13Cl4NO4. The lowest BCUT2D eigenvalue weighted by Crippen LogP contribution is -2.55. The number of carbonyl (C=O) groups excluding carboxylic acids is 2. The second-order valence-corrected chi connectivity index (χ2v) is 8.03. The average molecular weight is 461 g/mol. The second-order valence-electron chi connectivity index (χ2n) is 6.52. The van der Waals surface area contributed by atoms with E-state index in [4.69, 9.17) is 46.4 Å². The molecule has 0 fully saturated rings. The summed E-state index contributed by atoms with van der Waals surface area (Å²) in [7, 11) is 0. The summed E-state index contributed by atoms with van der Waals surface area (Å²) in [6, 6.07) is 9.13. The third kappa shape index (κ3) is 3.16. The minimum Gasteiger partial charge on any atom is -0.479 e. The van der Waals surface area contributed by atoms with E-state index < -0.39 is 23.3 Å². The molecule has 1 N–H and O–H groups in total. The molecule has 0 saturated carbocycles. The van der Waals surface area contributed by atoms with Crippen molar-refractivity contribution in [1.82, 2.24) is 4.90 Å². The summed E-state index contributed by atoms with van der Waals surface area (Å²) in [5.74, 6) is -3.07. The van der Waals surface area contributed by atoms with Crippen LogP contribution in [0, 0.1) is 0 Å². The predicted octanol–water partition coefficient (Wildman–Crippen LogP) is 5.37. The number of carboxylic acid groups (broad SMARTS) is 1. The van der Waals surface area contributed by atoms with Gasteiger partial charge in [-0.3, -0.25) is 14.5 Å². The maximum atomic E-state index is 13.0. The predicted molar refractivity (Wildman–Crippen MR) is 108 cm³/mol. The van der Waals surface area contributed by atoms with E-state index in [2.05, 4.69) is 0 Å². The molecule has 2 aromatic rings. The Morgan fingerprint density at radius 3 is 1.82 bits per heavy atom. The van der Waals surface area contributed by atoms with Crippen LogP contribution >= 0.6 is 46.4 Å². The third-order valence-corrected chi connectivity index (χ3v) is 6.60. The first-order chi connectivity index (χ1) is 13.1. The van der Waals surface area contributed by atoms with Crippen molar-refractivity contribution in [2.45, 2.75) is 25.3 Å². The first kappa shape index (κ1) is 20.9. The number of rotatable bonds is 5. The molecule has 1 aliphatic rings. The Morgan fingerprint density at radius 1 is 0.929 bits per heavy atom. The minimum absolute atomic E-state index is 0.00544. The van der Waals surface area contributed by atoms with Crippen LogP contribution in [0.3, 0.4) is 0 Å². The number of imide groups is 1. The van der Waals surface area contributed by atoms with Crippen LogP contribution in [0.25, 0.3) is 0 Å². The highest BCUT2D eigenvalue weighted by atomic mass is 35.5. The maximum Gasteiger partial charge on any atom is 0.329 e. The zero-order valence-corrected chi connectivity index (χ0v) is 17.5. The topological polar surface area (TPSA) is 74.7 Å². The van der Waals surface area contributed by atoms with Crippen LogP contribution in [-0.4, -0.2) is 33.3 Å². The van der Waals surface area contributed by atoms with Crippen molar-refractivity contribution >= 4 is 64.2 Å². The highest BCUT2D eigenvalue weighted by Crippen LogP contribution is 2.46. The number of hydrogen-bond acceptors (Lipinski definition) is 3. The normalized spacial score (nSPS) is 15.5. The molecule has 0 spiro atoms. The molecule has 0 aliphatic carbocycles. The highest BCUT2D eigenvalue weighted by molar-refractivity contribution is 6.55. The number of aliphatic carboxylic acids is 1. The zero-order valence-electron chi connectivity index (χ0n) is 14.4. The van der Waals surface area contributed by atoms with Gasteiger partial charge >= 0.3 is 5.97 Å². The van der Waals surface area contributed by atoms with Gasteiger partial charge in [0.25, 0.3) is 11.8 Å². The number of amides is 2. The van der Waals surface area contributed by atoms with Gasteiger partial charge in [0.05, 0.1) is 31.2 Å². The molecule has 0 aromatic heterocycles. The van der Waals surface area contributed by atoms with Gasteiger partial charge in [-0.15, -0.1) is 0 Å². The van der Waals surface area contributed by atoms with Crippen LogP contribution in [0.4, 0.5) is 0 Å². The fourth-order valence-electron chi connectivity index (χ4n) is 3.14. The standard InChI is InChI=1S/C19H13Cl4NO4/c1-19(18(27)28,8-7-9-5-3-2-4-6-9)24-16(25)10-11(17(24)26)13(21)15(23)14(22)12(10)20/h2-6H,7-8H2,1H3,(H,27,28). The lowest BCUT2D eigenvalue weighted by molar-refractivity contribution is -0.147. The van der Waals surface area contributed by atoms with Crippen LogP contribution in [-0.2, 0) is 11.2 Å². The van der Waals surface area contributed by atoms with Crippen molar-refractivity contribution in [2.24, 2.45) is 0 Å². The van der Waals surface area contributed by atoms with Crippen LogP contribution in [0.15, 0.2) is 30.3 Å². The van der Waals surface area contributed by atoms with Crippen LogP contribution in [0.1, 0.15) is 39.6 Å². The van der Waals surface area contributed by atoms with Crippen molar-refractivity contribution in [3.05, 3.63) is 67.1 Å². The Kier molecular flexibility index (Phi) is 5.65. The van der Waals surface area contributed by atoms with E-state index in [1.807, 2.05) is 30.3 Å². The number of hydrogen-bond donors (Lipinski definition) is 1. The second kappa shape index (κ2) is 7.56. The maximum absolute atomic E-state index is 13.0. The first-order valence-electron chi connectivity index (χ1n) is 8.13. The molecule has 1 unspecified atom stereocenters. The summed E-state index contributed by atoms with van der Waals surface area (Å²) in [5.41, 5.74) is -1.43. The SMILES string of the molecule is CC(CCc1ccccc1)(C(=O)O)N1C(=O)c2c(Cl)c(Cl)c(Cl)c(Cl)c2C1=O. The van der Waals surface area contributed by atoms with E-state index >= 15 is 0 Å². The Morgan fingerprint density at radius 2 is 1.39 bits per heavy atom. The molecular weight excluding hydrogens is 448 g/mol. The Labute approximate surface area is 180 Å². The van der Waals surface area contributed by atoms with Crippen molar-refractivity contribution in [3.8, 4) is 0 Å². The molecule has 2 amide bonds. The van der Waals surface area contributed by atoms with Gasteiger partial charge in [0, 0.05) is 0 Å². The van der Waals surface area contributed by atoms with E-state index in [1.165, 1.54) is 6.92 Å². The quantitative estimate of drug-likeness (QED) is 0.369. The highest BCUT2D eigenvalue weighted by Gasteiger charge is 2.53. The fraction of sp³-hybridized carbons (Fsp3) is 0.211. The summed E-state index contributed by atoms with van der Waals surface area (Å²) in [5, 5.41) is 9.06. The van der Waals surface area contributed by atoms with Crippen LogP contribution < -0.4 is 0 Å². The summed E-state index contributed by atoms with van der Waals surface area (Å²) >= 11 is 24.2. The molecule has 1 aliphatic heterocycles. The fourth-order valence-corrected chi connectivity index (χ4v) is 4.16. The van der Waals surface area contributed by atoms with Crippen molar-refractivity contribution in [1.29, 1.82) is 0 Å². The molecule has 0 radical (unpaired) electrons. The average Bonchev–Trinajstić information content (AvgIpc) is 2.94. The van der Waals surface area contributed by atoms with Gasteiger partial charge in [0.15, 0.2) is 0 Å². The summed E-state index contributed by atoms with van der Waals surface area (Å²) in [4.78, 5) is 38.8. The van der Waals surface area contributed by atoms with Gasteiger partial charge < -0.3 is 5.11 Å². The minimum atomic E-state index is -1.82. The molecule has 5 nitrogen and oxygen atoms in total. The molecule has 28 heavy (non-hydrogen) atoms. The van der Waals surface area contributed by atoms with E-state index in [0.29, 0.717) is 11.3 Å². The number of carbonyl (C=O) groups is 3. The molecule has 3 rings (SSSR count). The van der Waals surface area contributed by atoms with Gasteiger partial charge in [-0.2, -0.15) is 0 Å². The number of halogens is 4. The molecule has 0 bridgehead atoms. The summed E-state index contributed by atoms with van der Waals surface area (Å²) in [6.07, 6.45) is 0.328. The summed E-state index contributed by atoms with van der Waals surface area (Å²) in [6.45, 7) is 1.31. The van der Waals surface area contributed by atoms with Crippen molar-refractivity contribution < 1.29 is 19.5 Å². The van der Waals surface area contributed by atoms with Gasteiger partial charge in [0.2, 0.25) is 0 Å². The third-order valence-electron chi connectivity index (χ3n) is 4.80. The molecule has 146 valence electrons. The van der Waals surface area contributed by atoms with Crippen LogP contribution in [0.5, 0.6) is 0 Å². The molecule has 1 heterocycles. The number of aryl methyl sites for hydroxylation is 1. The van der Waals surface area contributed by atoms with E-state index in [0.717, 1.165) is 5.56 Å². The number of nitrogens with zero attached hydrogens (tertiary/aromatic N) is 1. The lowest BCUT2D eigenvalue weighted by atomic mass is 9.91.